The predicted octanol–water partition coefficient (Wildman–Crippen LogP) is 2.84. The Morgan fingerprint density at radius 3 is 2.38 bits per heavy atom. The summed E-state index contributed by atoms with van der Waals surface area (Å²) in [5, 5.41) is 3.17. The molecule has 1 amide bonds. The van der Waals surface area contributed by atoms with E-state index in [-0.39, 0.29) is 23.8 Å². The van der Waals surface area contributed by atoms with E-state index in [4.69, 9.17) is 15.2 Å². The Bertz CT molecular complexity index is 593. The summed E-state index contributed by atoms with van der Waals surface area (Å²) in [6.07, 6.45) is 6.80. The number of nitrogens with one attached hydrogen (secondary N) is 1. The molecule has 0 radical (unpaired) electrons. The van der Waals surface area contributed by atoms with Crippen LogP contribution in [0.15, 0.2) is 0 Å². The zero-order chi connectivity index (χ0) is 21.7. The molecule has 0 aromatic heterocycles. The van der Waals surface area contributed by atoms with Crippen LogP contribution in [0.25, 0.3) is 0 Å². The van der Waals surface area contributed by atoms with Gasteiger partial charge in [0.15, 0.2) is 0 Å². The summed E-state index contributed by atoms with van der Waals surface area (Å²) >= 11 is 0. The quantitative estimate of drug-likeness (QED) is 0.625. The van der Waals surface area contributed by atoms with Gasteiger partial charge in [-0.2, -0.15) is 0 Å². The van der Waals surface area contributed by atoms with E-state index in [0.29, 0.717) is 19.4 Å². The maximum atomic E-state index is 13.2. The molecule has 1 unspecified atom stereocenters. The number of nitrogens with two attached hydrogens (primary N) is 1. The molecule has 29 heavy (non-hydrogen) atoms. The number of amides is 1. The number of ether oxygens (including phenoxy) is 2. The molecule has 166 valence electrons. The van der Waals surface area contributed by atoms with Crippen LogP contribution < -0.4 is 11.1 Å². The molecule has 2 saturated carbocycles. The van der Waals surface area contributed by atoms with Gasteiger partial charge in [-0.25, -0.2) is 0 Å². The van der Waals surface area contributed by atoms with Gasteiger partial charge in [-0.05, 0) is 66.2 Å². The monoisotopic (exact) mass is 410 g/mol. The van der Waals surface area contributed by atoms with Crippen molar-refractivity contribution in [2.24, 2.45) is 17.1 Å². The number of esters is 2. The summed E-state index contributed by atoms with van der Waals surface area (Å²) in [7, 11) is 0. The second-order valence-electron chi connectivity index (χ2n) is 9.62. The molecule has 0 spiro atoms. The second-order valence-corrected chi connectivity index (χ2v) is 9.62. The van der Waals surface area contributed by atoms with E-state index >= 15 is 0 Å². The Labute approximate surface area is 174 Å². The second kappa shape index (κ2) is 9.92. The van der Waals surface area contributed by atoms with Crippen molar-refractivity contribution in [1.82, 2.24) is 5.32 Å². The predicted molar refractivity (Wildman–Crippen MR) is 110 cm³/mol. The van der Waals surface area contributed by atoms with E-state index < -0.39 is 23.0 Å². The van der Waals surface area contributed by atoms with Gasteiger partial charge in [0.25, 0.3) is 0 Å². The summed E-state index contributed by atoms with van der Waals surface area (Å²) in [4.78, 5) is 37.7. The van der Waals surface area contributed by atoms with Gasteiger partial charge in [0.05, 0.1) is 17.9 Å². The smallest absolute Gasteiger partial charge is 0.323 e. The summed E-state index contributed by atoms with van der Waals surface area (Å²) in [6, 6.07) is -0.863. The lowest BCUT2D eigenvalue weighted by atomic mass is 9.78. The Kier molecular flexibility index (Phi) is 8.09. The molecule has 0 aromatic rings. The van der Waals surface area contributed by atoms with Gasteiger partial charge in [0.1, 0.15) is 11.6 Å². The van der Waals surface area contributed by atoms with Gasteiger partial charge >= 0.3 is 11.9 Å². The van der Waals surface area contributed by atoms with Crippen molar-refractivity contribution in [3.8, 4) is 0 Å². The summed E-state index contributed by atoms with van der Waals surface area (Å²) in [6.45, 7) is 7.59. The topological polar surface area (TPSA) is 108 Å². The molecule has 3 N–H and O–H groups in total. The van der Waals surface area contributed by atoms with Gasteiger partial charge in [-0.3, -0.25) is 14.4 Å². The highest BCUT2D eigenvalue weighted by molar-refractivity contribution is 5.85. The minimum Gasteiger partial charge on any atom is -0.466 e. The fourth-order valence-electron chi connectivity index (χ4n) is 4.59. The number of carbonyl (C=O) groups is 3. The van der Waals surface area contributed by atoms with Crippen molar-refractivity contribution >= 4 is 17.8 Å². The summed E-state index contributed by atoms with van der Waals surface area (Å²) in [5.41, 5.74) is 4.90. The first-order valence-corrected chi connectivity index (χ1v) is 11.0. The van der Waals surface area contributed by atoms with E-state index in [0.717, 1.165) is 44.9 Å². The van der Waals surface area contributed by atoms with Crippen molar-refractivity contribution in [1.29, 1.82) is 0 Å². The number of carbonyl (C=O) groups excluding carboxylic acids is 3. The van der Waals surface area contributed by atoms with Crippen molar-refractivity contribution in [3.63, 3.8) is 0 Å². The SMILES string of the molecule is CCOC(=O)[C@H]1CCC[C@@H](NC(=O)C2(CC(N)C(=O)OC(C)(C)C)CCCC2)C1. The Balaban J connectivity index is 1.99. The number of rotatable bonds is 7. The molecule has 3 atom stereocenters. The maximum absolute atomic E-state index is 13.2. The zero-order valence-electron chi connectivity index (χ0n) is 18.4. The molecular weight excluding hydrogens is 372 g/mol. The van der Waals surface area contributed by atoms with E-state index in [1.165, 1.54) is 0 Å². The first kappa shape index (κ1) is 23.6. The van der Waals surface area contributed by atoms with Crippen LogP contribution >= 0.6 is 0 Å². The lowest BCUT2D eigenvalue weighted by Gasteiger charge is -2.35. The summed E-state index contributed by atoms with van der Waals surface area (Å²) < 4.78 is 10.6. The maximum Gasteiger partial charge on any atom is 0.323 e. The van der Waals surface area contributed by atoms with Gasteiger partial charge in [-0.15, -0.1) is 0 Å². The van der Waals surface area contributed by atoms with Crippen molar-refractivity contribution < 1.29 is 23.9 Å². The molecule has 0 saturated heterocycles. The van der Waals surface area contributed by atoms with Crippen LogP contribution in [0.5, 0.6) is 0 Å². The third-order valence-electron chi connectivity index (χ3n) is 5.99. The van der Waals surface area contributed by atoms with Crippen LogP contribution in [-0.4, -0.2) is 42.1 Å². The average molecular weight is 411 g/mol. The third-order valence-corrected chi connectivity index (χ3v) is 5.99. The summed E-state index contributed by atoms with van der Waals surface area (Å²) in [5.74, 6) is -0.827. The highest BCUT2D eigenvalue weighted by Crippen LogP contribution is 2.42. The Morgan fingerprint density at radius 1 is 1.14 bits per heavy atom. The van der Waals surface area contributed by atoms with E-state index in [1.54, 1.807) is 27.7 Å². The zero-order valence-corrected chi connectivity index (χ0v) is 18.4. The van der Waals surface area contributed by atoms with Gasteiger partial charge in [-0.1, -0.05) is 19.3 Å². The number of hydrogen-bond donors (Lipinski definition) is 2. The Morgan fingerprint density at radius 2 is 1.79 bits per heavy atom. The van der Waals surface area contributed by atoms with Crippen LogP contribution in [0.2, 0.25) is 0 Å². The molecule has 2 fully saturated rings. The molecule has 2 aliphatic rings. The molecular formula is C22H38N2O5. The van der Waals surface area contributed by atoms with E-state index in [1.807, 2.05) is 0 Å². The lowest BCUT2D eigenvalue weighted by molar-refractivity contribution is -0.158. The fourth-order valence-corrected chi connectivity index (χ4v) is 4.59. The van der Waals surface area contributed by atoms with Gasteiger partial charge in [0, 0.05) is 6.04 Å². The van der Waals surface area contributed by atoms with Crippen molar-refractivity contribution in [2.45, 2.75) is 103 Å². The van der Waals surface area contributed by atoms with Crippen molar-refractivity contribution in [3.05, 3.63) is 0 Å². The molecule has 0 aromatic carbocycles. The first-order valence-electron chi connectivity index (χ1n) is 11.0. The molecule has 7 nitrogen and oxygen atoms in total. The third kappa shape index (κ3) is 6.69. The minimum atomic E-state index is -0.822. The van der Waals surface area contributed by atoms with E-state index in [9.17, 15) is 14.4 Å². The van der Waals surface area contributed by atoms with Crippen LogP contribution in [0, 0.1) is 11.3 Å². The normalized spacial score (nSPS) is 25.1. The molecule has 2 aliphatic carbocycles. The molecule has 0 aliphatic heterocycles. The first-order chi connectivity index (χ1) is 13.6. The standard InChI is InChI=1S/C22H38N2O5/c1-5-28-18(25)15-9-8-10-16(13-15)24-20(27)22(11-6-7-12-22)14-17(23)19(26)29-21(2,3)4/h15-17H,5-14,23H2,1-4H3,(H,24,27)/t15-,16+,17?/m0/s1. The average Bonchev–Trinajstić information content (AvgIpc) is 3.10. The largest absolute Gasteiger partial charge is 0.466 e. The van der Waals surface area contributed by atoms with Crippen LogP contribution in [0.1, 0.15) is 85.5 Å². The van der Waals surface area contributed by atoms with Crippen LogP contribution in [0.3, 0.4) is 0 Å². The fraction of sp³-hybridized carbons (Fsp3) is 0.864. The van der Waals surface area contributed by atoms with Gasteiger partial charge < -0.3 is 20.5 Å². The van der Waals surface area contributed by atoms with Crippen molar-refractivity contribution in [2.75, 3.05) is 6.61 Å². The van der Waals surface area contributed by atoms with E-state index in [2.05, 4.69) is 5.32 Å². The Hall–Kier alpha value is -1.63. The molecule has 2 rings (SSSR count). The minimum absolute atomic E-state index is 0.0384. The molecule has 0 bridgehead atoms. The number of hydrogen-bond acceptors (Lipinski definition) is 6. The molecule has 0 heterocycles. The van der Waals surface area contributed by atoms with Crippen LogP contribution in [-0.2, 0) is 23.9 Å². The van der Waals surface area contributed by atoms with Gasteiger partial charge in [0.2, 0.25) is 5.91 Å². The van der Waals surface area contributed by atoms with Crippen LogP contribution in [0.4, 0.5) is 0 Å². The lowest BCUT2D eigenvalue weighted by Crippen LogP contribution is -2.50. The highest BCUT2D eigenvalue weighted by atomic mass is 16.6. The molecule has 7 heteroatoms. The highest BCUT2D eigenvalue weighted by Gasteiger charge is 2.45.